The molecule has 0 aromatic carbocycles. The Morgan fingerprint density at radius 1 is 1.09 bits per heavy atom. The SMILES string of the molecule is Cc1nc2nccnc2s1.NNc1nc2ccc(CO)nc2s1. The minimum atomic E-state index is -0.0563. The minimum absolute atomic E-state index is 0.0563. The van der Waals surface area contributed by atoms with Crippen molar-refractivity contribution in [3.8, 4) is 0 Å². The molecule has 4 aromatic heterocycles. The third kappa shape index (κ3) is 3.56. The minimum Gasteiger partial charge on any atom is -0.390 e. The predicted molar refractivity (Wildman–Crippen MR) is 91.1 cm³/mol. The first-order chi connectivity index (χ1) is 11.2. The number of aromatic nitrogens is 5. The Morgan fingerprint density at radius 3 is 2.65 bits per heavy atom. The van der Waals surface area contributed by atoms with Gasteiger partial charge in [-0.05, 0) is 19.1 Å². The van der Waals surface area contributed by atoms with Gasteiger partial charge in [-0.1, -0.05) is 22.7 Å². The van der Waals surface area contributed by atoms with Gasteiger partial charge in [0.1, 0.15) is 10.3 Å². The molecule has 0 saturated heterocycles. The molecular formula is C13H13N7OS2. The second-order valence-corrected chi connectivity index (χ2v) is 6.53. The summed E-state index contributed by atoms with van der Waals surface area (Å²) in [6.07, 6.45) is 3.33. The number of hydrogen-bond donors (Lipinski definition) is 3. The first-order valence-electron chi connectivity index (χ1n) is 6.57. The maximum Gasteiger partial charge on any atom is 0.199 e. The molecule has 0 aliphatic carbocycles. The summed E-state index contributed by atoms with van der Waals surface area (Å²) in [5.74, 6) is 5.20. The van der Waals surface area contributed by atoms with Crippen molar-refractivity contribution in [3.63, 3.8) is 0 Å². The second-order valence-electron chi connectivity index (χ2n) is 4.37. The number of anilines is 1. The van der Waals surface area contributed by atoms with Gasteiger partial charge in [0.15, 0.2) is 15.6 Å². The van der Waals surface area contributed by atoms with E-state index in [2.05, 4.69) is 30.3 Å². The Morgan fingerprint density at radius 2 is 1.91 bits per heavy atom. The summed E-state index contributed by atoms with van der Waals surface area (Å²) in [6, 6.07) is 3.55. The fourth-order valence-corrected chi connectivity index (χ4v) is 3.27. The van der Waals surface area contributed by atoms with E-state index in [1.807, 2.05) is 13.0 Å². The molecule has 118 valence electrons. The molecule has 10 heteroatoms. The lowest BCUT2D eigenvalue weighted by Gasteiger charge is -1.91. The molecular weight excluding hydrogens is 334 g/mol. The molecule has 0 spiro atoms. The van der Waals surface area contributed by atoms with Crippen LogP contribution < -0.4 is 11.3 Å². The predicted octanol–water partition coefficient (Wildman–Crippen LogP) is 1.86. The Hall–Kier alpha value is -2.27. The van der Waals surface area contributed by atoms with E-state index in [4.69, 9.17) is 10.9 Å². The molecule has 0 fully saturated rings. The van der Waals surface area contributed by atoms with E-state index >= 15 is 0 Å². The number of aryl methyl sites for hydroxylation is 1. The van der Waals surface area contributed by atoms with Crippen molar-refractivity contribution in [1.29, 1.82) is 0 Å². The van der Waals surface area contributed by atoms with Crippen LogP contribution in [0, 0.1) is 6.92 Å². The number of aliphatic hydroxyl groups is 1. The molecule has 4 N–H and O–H groups in total. The summed E-state index contributed by atoms with van der Waals surface area (Å²) in [7, 11) is 0. The molecule has 0 radical (unpaired) electrons. The third-order valence-corrected chi connectivity index (χ3v) is 4.52. The van der Waals surface area contributed by atoms with Crippen LogP contribution in [0.4, 0.5) is 5.13 Å². The van der Waals surface area contributed by atoms with Gasteiger partial charge in [0.25, 0.3) is 0 Å². The van der Waals surface area contributed by atoms with Crippen LogP contribution in [0.25, 0.3) is 20.8 Å². The Kier molecular flexibility index (Phi) is 4.67. The van der Waals surface area contributed by atoms with Gasteiger partial charge < -0.3 is 5.11 Å². The molecule has 4 rings (SSSR count). The lowest BCUT2D eigenvalue weighted by Crippen LogP contribution is -2.05. The molecule has 0 aliphatic rings. The van der Waals surface area contributed by atoms with Crippen LogP contribution in [-0.4, -0.2) is 30.0 Å². The highest BCUT2D eigenvalue weighted by molar-refractivity contribution is 7.21. The first-order valence-corrected chi connectivity index (χ1v) is 8.21. The number of thiazole rings is 2. The lowest BCUT2D eigenvalue weighted by molar-refractivity contribution is 0.277. The smallest absolute Gasteiger partial charge is 0.199 e. The van der Waals surface area contributed by atoms with Crippen molar-refractivity contribution in [1.82, 2.24) is 24.9 Å². The average molecular weight is 347 g/mol. The Balaban J connectivity index is 0.000000140. The van der Waals surface area contributed by atoms with Crippen molar-refractivity contribution >= 4 is 48.6 Å². The topological polar surface area (TPSA) is 123 Å². The number of aliphatic hydroxyl groups excluding tert-OH is 1. The third-order valence-electron chi connectivity index (χ3n) is 2.75. The van der Waals surface area contributed by atoms with E-state index in [0.29, 0.717) is 10.8 Å². The summed E-state index contributed by atoms with van der Waals surface area (Å²) in [5.41, 5.74) is 4.64. The zero-order chi connectivity index (χ0) is 16.2. The summed E-state index contributed by atoms with van der Waals surface area (Å²) >= 11 is 2.92. The molecule has 0 bridgehead atoms. The molecule has 0 atom stereocenters. The normalized spacial score (nSPS) is 10.6. The highest BCUT2D eigenvalue weighted by Crippen LogP contribution is 2.23. The van der Waals surface area contributed by atoms with Crippen LogP contribution in [0.5, 0.6) is 0 Å². The molecule has 4 aromatic rings. The standard InChI is InChI=1S/C7H8N4OS.C6H5N3S/c8-11-7-10-5-2-1-4(3-12)9-6(5)13-7;1-4-9-5-6(10-4)8-3-2-7-5/h1-2,12H,3,8H2,(H,10,11);2-3H,1H3. The molecule has 0 saturated carbocycles. The van der Waals surface area contributed by atoms with Crippen LogP contribution >= 0.6 is 22.7 Å². The van der Waals surface area contributed by atoms with E-state index in [0.717, 1.165) is 25.8 Å². The molecule has 4 heterocycles. The van der Waals surface area contributed by atoms with Crippen molar-refractivity contribution < 1.29 is 5.11 Å². The number of nitrogens with one attached hydrogen (secondary N) is 1. The van der Waals surface area contributed by atoms with Crippen molar-refractivity contribution in [2.75, 3.05) is 5.43 Å². The van der Waals surface area contributed by atoms with Crippen molar-refractivity contribution in [2.24, 2.45) is 5.84 Å². The van der Waals surface area contributed by atoms with Gasteiger partial charge in [-0.15, -0.1) is 0 Å². The number of nitrogens with two attached hydrogens (primary N) is 1. The number of hydrazine groups is 1. The average Bonchev–Trinajstić information content (AvgIpc) is 3.16. The van der Waals surface area contributed by atoms with Crippen LogP contribution in [-0.2, 0) is 6.61 Å². The van der Waals surface area contributed by atoms with E-state index in [1.54, 1.807) is 29.8 Å². The fourth-order valence-electron chi connectivity index (χ4n) is 1.78. The molecule has 0 unspecified atom stereocenters. The van der Waals surface area contributed by atoms with Crippen molar-refractivity contribution in [3.05, 3.63) is 35.2 Å². The van der Waals surface area contributed by atoms with Crippen molar-refractivity contribution in [2.45, 2.75) is 13.5 Å². The van der Waals surface area contributed by atoms with Gasteiger partial charge in [-0.3, -0.25) is 5.43 Å². The van der Waals surface area contributed by atoms with E-state index in [9.17, 15) is 0 Å². The first kappa shape index (κ1) is 15.6. The summed E-state index contributed by atoms with van der Waals surface area (Å²) in [5, 5.41) is 10.5. The molecule has 0 aliphatic heterocycles. The van der Waals surface area contributed by atoms with Crippen LogP contribution in [0.2, 0.25) is 0 Å². The van der Waals surface area contributed by atoms with E-state index < -0.39 is 0 Å². The van der Waals surface area contributed by atoms with Gasteiger partial charge in [-0.2, -0.15) is 0 Å². The summed E-state index contributed by atoms with van der Waals surface area (Å²) < 4.78 is 0. The fraction of sp³-hybridized carbons (Fsp3) is 0.154. The summed E-state index contributed by atoms with van der Waals surface area (Å²) in [4.78, 5) is 22.3. The quantitative estimate of drug-likeness (QED) is 0.371. The number of pyridine rings is 1. The number of nitrogens with zero attached hydrogens (tertiary/aromatic N) is 5. The summed E-state index contributed by atoms with van der Waals surface area (Å²) in [6.45, 7) is 1.90. The number of nitrogen functional groups attached to an aromatic ring is 1. The number of hydrogen-bond acceptors (Lipinski definition) is 10. The largest absolute Gasteiger partial charge is 0.390 e. The molecule has 8 nitrogen and oxygen atoms in total. The number of fused-ring (bicyclic) bond motifs is 2. The monoisotopic (exact) mass is 347 g/mol. The second kappa shape index (κ2) is 6.87. The van der Waals surface area contributed by atoms with Gasteiger partial charge in [0.05, 0.1) is 17.3 Å². The van der Waals surface area contributed by atoms with Crippen LogP contribution in [0.3, 0.4) is 0 Å². The highest BCUT2D eigenvalue weighted by atomic mass is 32.1. The van der Waals surface area contributed by atoms with Gasteiger partial charge in [0, 0.05) is 12.4 Å². The zero-order valence-corrected chi connectivity index (χ0v) is 13.7. The molecule has 0 amide bonds. The van der Waals surface area contributed by atoms with Gasteiger partial charge in [0.2, 0.25) is 0 Å². The zero-order valence-electron chi connectivity index (χ0n) is 12.1. The van der Waals surface area contributed by atoms with Crippen LogP contribution in [0.15, 0.2) is 24.5 Å². The Labute approximate surface area is 139 Å². The highest BCUT2D eigenvalue weighted by Gasteiger charge is 2.04. The van der Waals surface area contributed by atoms with Gasteiger partial charge in [-0.25, -0.2) is 30.8 Å². The maximum atomic E-state index is 8.84. The number of rotatable bonds is 2. The van der Waals surface area contributed by atoms with E-state index in [-0.39, 0.29) is 6.61 Å². The maximum absolute atomic E-state index is 8.84. The molecule has 23 heavy (non-hydrogen) atoms. The lowest BCUT2D eigenvalue weighted by atomic mass is 10.3. The van der Waals surface area contributed by atoms with E-state index in [1.165, 1.54) is 11.3 Å². The Bertz CT molecular complexity index is 901. The van der Waals surface area contributed by atoms with Gasteiger partial charge >= 0.3 is 0 Å². The van der Waals surface area contributed by atoms with Crippen LogP contribution in [0.1, 0.15) is 10.7 Å².